The number of carbonyl (C=O) groups excluding carboxylic acids is 1. The van der Waals surface area contributed by atoms with Crippen LogP contribution in [-0.4, -0.2) is 5.91 Å². The summed E-state index contributed by atoms with van der Waals surface area (Å²) in [7, 11) is 0. The Kier molecular flexibility index (Phi) is 7.49. The Hall–Kier alpha value is -1.31. The number of benzene rings is 1. The Bertz CT molecular complexity index is 477. The molecule has 0 spiro atoms. The van der Waals surface area contributed by atoms with Crippen LogP contribution in [0.5, 0.6) is 0 Å². The van der Waals surface area contributed by atoms with E-state index < -0.39 is 0 Å². The van der Waals surface area contributed by atoms with Gasteiger partial charge in [-0.25, -0.2) is 0 Å². The van der Waals surface area contributed by atoms with Crippen LogP contribution in [0.25, 0.3) is 0 Å². The van der Waals surface area contributed by atoms with Crippen molar-refractivity contribution in [1.82, 2.24) is 0 Å². The van der Waals surface area contributed by atoms with E-state index in [9.17, 15) is 4.79 Å². The maximum atomic E-state index is 12.0. The zero-order valence-electron chi connectivity index (χ0n) is 14.4. The van der Waals surface area contributed by atoms with Crippen LogP contribution in [0.2, 0.25) is 0 Å². The number of nitrogens with one attached hydrogen (secondary N) is 1. The molecule has 2 nitrogen and oxygen atoms in total. The molecule has 0 saturated heterocycles. The predicted molar refractivity (Wildman–Crippen MR) is 92.1 cm³/mol. The van der Waals surface area contributed by atoms with E-state index in [-0.39, 0.29) is 5.91 Å². The average molecular weight is 289 g/mol. The monoisotopic (exact) mass is 289 g/mol. The van der Waals surface area contributed by atoms with Crippen molar-refractivity contribution in [3.8, 4) is 0 Å². The highest BCUT2D eigenvalue weighted by molar-refractivity contribution is 5.91. The van der Waals surface area contributed by atoms with Crippen LogP contribution < -0.4 is 5.32 Å². The van der Waals surface area contributed by atoms with Crippen LogP contribution in [0, 0.1) is 13.8 Å². The van der Waals surface area contributed by atoms with Crippen LogP contribution in [0.15, 0.2) is 6.07 Å². The van der Waals surface area contributed by atoms with Gasteiger partial charge in [0.2, 0.25) is 5.91 Å². The fraction of sp³-hybridized carbons (Fsp3) is 0.632. The van der Waals surface area contributed by atoms with E-state index in [4.69, 9.17) is 0 Å². The van der Waals surface area contributed by atoms with Crippen molar-refractivity contribution in [3.05, 3.63) is 28.3 Å². The number of anilines is 1. The number of rotatable bonds is 8. The van der Waals surface area contributed by atoms with Crippen molar-refractivity contribution in [2.24, 2.45) is 0 Å². The predicted octanol–water partition coefficient (Wildman–Crippen LogP) is 5.34. The molecule has 118 valence electrons. The van der Waals surface area contributed by atoms with Gasteiger partial charge < -0.3 is 5.32 Å². The van der Waals surface area contributed by atoms with Crippen molar-refractivity contribution in [1.29, 1.82) is 0 Å². The Morgan fingerprint density at radius 3 is 2.24 bits per heavy atom. The summed E-state index contributed by atoms with van der Waals surface area (Å²) in [6.45, 7) is 10.9. The summed E-state index contributed by atoms with van der Waals surface area (Å²) >= 11 is 0. The molecule has 1 amide bonds. The molecule has 0 aliphatic heterocycles. The molecule has 1 N–H and O–H groups in total. The Morgan fingerprint density at radius 1 is 1.00 bits per heavy atom. The third-order valence-corrected chi connectivity index (χ3v) is 4.18. The second kappa shape index (κ2) is 8.86. The lowest BCUT2D eigenvalue weighted by Crippen LogP contribution is -2.14. The average Bonchev–Trinajstić information content (AvgIpc) is 2.46. The van der Waals surface area contributed by atoms with Crippen molar-refractivity contribution in [3.63, 3.8) is 0 Å². The Labute approximate surface area is 130 Å². The summed E-state index contributed by atoms with van der Waals surface area (Å²) in [5.41, 5.74) is 6.49. The van der Waals surface area contributed by atoms with Gasteiger partial charge >= 0.3 is 0 Å². The van der Waals surface area contributed by atoms with Crippen molar-refractivity contribution in [2.45, 2.75) is 79.6 Å². The van der Waals surface area contributed by atoms with Gasteiger partial charge in [0.1, 0.15) is 0 Å². The minimum atomic E-state index is 0.144. The maximum absolute atomic E-state index is 12.0. The molecule has 0 aliphatic carbocycles. The molecule has 0 aromatic heterocycles. The van der Waals surface area contributed by atoms with Crippen LogP contribution in [0.1, 0.15) is 75.1 Å². The first-order valence-corrected chi connectivity index (χ1v) is 8.46. The smallest absolute Gasteiger partial charge is 0.224 e. The third kappa shape index (κ3) is 4.87. The molecule has 21 heavy (non-hydrogen) atoms. The van der Waals surface area contributed by atoms with Gasteiger partial charge in [-0.3, -0.25) is 4.79 Å². The van der Waals surface area contributed by atoms with E-state index in [0.29, 0.717) is 6.42 Å². The number of carbonyl (C=O) groups is 1. The first-order valence-electron chi connectivity index (χ1n) is 8.46. The molecule has 0 unspecified atom stereocenters. The van der Waals surface area contributed by atoms with E-state index in [1.807, 2.05) is 0 Å². The molecule has 1 rings (SSSR count). The minimum absolute atomic E-state index is 0.144. The van der Waals surface area contributed by atoms with Crippen LogP contribution >= 0.6 is 0 Å². The van der Waals surface area contributed by atoms with Crippen LogP contribution in [0.4, 0.5) is 5.69 Å². The lowest BCUT2D eigenvalue weighted by atomic mass is 9.91. The van der Waals surface area contributed by atoms with Crippen molar-refractivity contribution < 1.29 is 4.79 Å². The molecule has 0 radical (unpaired) electrons. The molecular weight excluding hydrogens is 258 g/mol. The summed E-state index contributed by atoms with van der Waals surface area (Å²) in [5.74, 6) is 0.144. The van der Waals surface area contributed by atoms with E-state index in [2.05, 4.69) is 46.0 Å². The Balaban J connectivity index is 3.07. The molecule has 0 heterocycles. The highest BCUT2D eigenvalue weighted by Gasteiger charge is 2.13. The topological polar surface area (TPSA) is 29.1 Å². The maximum Gasteiger partial charge on any atom is 0.224 e. The summed E-state index contributed by atoms with van der Waals surface area (Å²) in [4.78, 5) is 12.0. The van der Waals surface area contributed by atoms with Gasteiger partial charge in [0.05, 0.1) is 0 Å². The second-order valence-electron chi connectivity index (χ2n) is 5.96. The fourth-order valence-electron chi connectivity index (χ4n) is 2.81. The van der Waals surface area contributed by atoms with Gasteiger partial charge in [-0.15, -0.1) is 0 Å². The highest BCUT2D eigenvalue weighted by Crippen LogP contribution is 2.28. The Morgan fingerprint density at radius 2 is 1.67 bits per heavy atom. The SMILES string of the molecule is CCCCC(=O)Nc1cc(CCC)c(CCC)c(C)c1C. The minimum Gasteiger partial charge on any atom is -0.326 e. The van der Waals surface area contributed by atoms with Crippen molar-refractivity contribution in [2.75, 3.05) is 5.32 Å². The largest absolute Gasteiger partial charge is 0.326 e. The van der Waals surface area contributed by atoms with Crippen LogP contribution in [-0.2, 0) is 17.6 Å². The third-order valence-electron chi connectivity index (χ3n) is 4.18. The molecule has 0 aliphatic rings. The lowest BCUT2D eigenvalue weighted by molar-refractivity contribution is -0.116. The molecule has 0 bridgehead atoms. The summed E-state index contributed by atoms with van der Waals surface area (Å²) in [6.07, 6.45) is 7.17. The number of amides is 1. The van der Waals surface area contributed by atoms with E-state index in [1.54, 1.807) is 0 Å². The molecule has 0 fully saturated rings. The zero-order valence-corrected chi connectivity index (χ0v) is 14.4. The molecular formula is C19H31NO. The molecule has 1 aromatic rings. The van der Waals surface area contributed by atoms with Gasteiger partial charge in [0.25, 0.3) is 0 Å². The number of hydrogen-bond acceptors (Lipinski definition) is 1. The number of hydrogen-bond donors (Lipinski definition) is 1. The van der Waals surface area contributed by atoms with Gasteiger partial charge in [-0.1, -0.05) is 40.0 Å². The molecule has 2 heteroatoms. The normalized spacial score (nSPS) is 10.7. The molecule has 1 aromatic carbocycles. The summed E-state index contributed by atoms with van der Waals surface area (Å²) < 4.78 is 0. The summed E-state index contributed by atoms with van der Waals surface area (Å²) in [6, 6.07) is 2.21. The molecule has 0 atom stereocenters. The standard InChI is InChI=1S/C19H31NO/c1-6-9-12-19(21)20-18-13-16(10-7-2)17(11-8-3)14(4)15(18)5/h13H,6-12H2,1-5H3,(H,20,21). The van der Waals surface area contributed by atoms with Gasteiger partial charge in [-0.2, -0.15) is 0 Å². The van der Waals surface area contributed by atoms with Gasteiger partial charge in [0, 0.05) is 12.1 Å². The second-order valence-corrected chi connectivity index (χ2v) is 5.96. The molecule has 0 saturated carbocycles. The highest BCUT2D eigenvalue weighted by atomic mass is 16.1. The van der Waals surface area contributed by atoms with Crippen molar-refractivity contribution >= 4 is 11.6 Å². The van der Waals surface area contributed by atoms with E-state index in [1.165, 1.54) is 28.7 Å². The first-order chi connectivity index (χ1) is 10.0. The first kappa shape index (κ1) is 17.7. The van der Waals surface area contributed by atoms with E-state index in [0.717, 1.165) is 37.8 Å². The quantitative estimate of drug-likeness (QED) is 0.688. The number of aryl methyl sites for hydroxylation is 1. The summed E-state index contributed by atoms with van der Waals surface area (Å²) in [5, 5.41) is 3.12. The number of unbranched alkanes of at least 4 members (excludes halogenated alkanes) is 1. The van der Waals surface area contributed by atoms with Gasteiger partial charge in [0.15, 0.2) is 0 Å². The van der Waals surface area contributed by atoms with Crippen LogP contribution in [0.3, 0.4) is 0 Å². The van der Waals surface area contributed by atoms with Gasteiger partial charge in [-0.05, 0) is 61.4 Å². The zero-order chi connectivity index (χ0) is 15.8. The van der Waals surface area contributed by atoms with E-state index >= 15 is 0 Å². The fourth-order valence-corrected chi connectivity index (χ4v) is 2.81. The lowest BCUT2D eigenvalue weighted by Gasteiger charge is -2.19.